The van der Waals surface area contributed by atoms with Crippen molar-refractivity contribution in [1.29, 1.82) is 0 Å². The molecule has 0 saturated heterocycles. The van der Waals surface area contributed by atoms with Crippen LogP contribution >= 0.6 is 0 Å². The summed E-state index contributed by atoms with van der Waals surface area (Å²) in [6.07, 6.45) is -10.9. The molecule has 0 aliphatic carbocycles. The molecular formula is C23H18F7N3O2. The summed E-state index contributed by atoms with van der Waals surface area (Å²) in [5.41, 5.74) is -1.73. The number of amides is 1. The van der Waals surface area contributed by atoms with Gasteiger partial charge in [0.15, 0.2) is 6.10 Å². The topological polar surface area (TPSA) is 75.1 Å². The highest BCUT2D eigenvalue weighted by molar-refractivity contribution is 5.96. The average molecular weight is 501 g/mol. The molecule has 12 heteroatoms. The number of hydrogen-bond acceptors (Lipinski definition) is 4. The fourth-order valence-electron chi connectivity index (χ4n) is 3.23. The van der Waals surface area contributed by atoms with E-state index in [1.165, 1.54) is 12.1 Å². The van der Waals surface area contributed by atoms with Crippen LogP contribution in [0.25, 0.3) is 11.3 Å². The number of aliphatic hydroxyl groups is 1. The highest BCUT2D eigenvalue weighted by Crippen LogP contribution is 2.35. The quantitative estimate of drug-likeness (QED) is 0.420. The predicted octanol–water partition coefficient (Wildman–Crippen LogP) is 5.78. The van der Waals surface area contributed by atoms with E-state index in [1.54, 1.807) is 6.92 Å². The van der Waals surface area contributed by atoms with Crippen molar-refractivity contribution in [2.24, 2.45) is 0 Å². The van der Waals surface area contributed by atoms with Gasteiger partial charge in [-0.25, -0.2) is 4.39 Å². The summed E-state index contributed by atoms with van der Waals surface area (Å²) in [7, 11) is 0. The number of nitrogens with zero attached hydrogens (tertiary/aromatic N) is 2. The van der Waals surface area contributed by atoms with Crippen LogP contribution in [0.4, 0.5) is 30.7 Å². The van der Waals surface area contributed by atoms with Crippen LogP contribution in [-0.4, -0.2) is 27.2 Å². The average Bonchev–Trinajstić information content (AvgIpc) is 2.81. The van der Waals surface area contributed by atoms with E-state index in [0.717, 1.165) is 36.5 Å². The molecule has 1 aromatic carbocycles. The Morgan fingerprint density at radius 3 is 2.23 bits per heavy atom. The Bertz CT molecular complexity index is 1180. The molecule has 0 fully saturated rings. The highest BCUT2D eigenvalue weighted by atomic mass is 19.4. The highest BCUT2D eigenvalue weighted by Gasteiger charge is 2.40. The summed E-state index contributed by atoms with van der Waals surface area (Å²) in [5.74, 6) is -1.55. The van der Waals surface area contributed by atoms with Crippen LogP contribution in [0, 0.1) is 5.82 Å². The number of aromatic nitrogens is 2. The lowest BCUT2D eigenvalue weighted by Gasteiger charge is -2.20. The SMILES string of the molecule is CC[C@@H](NC(=O)c1cc(-c2ccc(F)cn2)cc(C(O)C(F)(F)F)c1)c1ccc(C(F)(F)F)cn1. The molecule has 1 amide bonds. The van der Waals surface area contributed by atoms with Gasteiger partial charge >= 0.3 is 12.4 Å². The second kappa shape index (κ2) is 9.98. The number of alkyl halides is 6. The molecule has 35 heavy (non-hydrogen) atoms. The van der Waals surface area contributed by atoms with Gasteiger partial charge in [-0.15, -0.1) is 0 Å². The molecule has 2 atom stereocenters. The van der Waals surface area contributed by atoms with Crippen molar-refractivity contribution in [2.45, 2.75) is 37.8 Å². The van der Waals surface area contributed by atoms with Crippen LogP contribution in [0.5, 0.6) is 0 Å². The number of aliphatic hydroxyl groups excluding tert-OH is 1. The fraction of sp³-hybridized carbons (Fsp3) is 0.261. The molecular weight excluding hydrogens is 483 g/mol. The number of benzene rings is 1. The van der Waals surface area contributed by atoms with E-state index < -0.39 is 47.3 Å². The Balaban J connectivity index is 1.96. The maximum absolute atomic E-state index is 13.2. The van der Waals surface area contributed by atoms with Gasteiger partial charge in [0, 0.05) is 17.3 Å². The van der Waals surface area contributed by atoms with Gasteiger partial charge in [0.05, 0.1) is 29.2 Å². The number of pyridine rings is 2. The van der Waals surface area contributed by atoms with E-state index in [4.69, 9.17) is 0 Å². The minimum absolute atomic E-state index is 0.0108. The number of rotatable bonds is 6. The normalized spacial score (nSPS) is 13.9. The molecule has 0 radical (unpaired) electrons. The van der Waals surface area contributed by atoms with E-state index in [-0.39, 0.29) is 28.9 Å². The molecule has 3 aromatic rings. The van der Waals surface area contributed by atoms with Crippen molar-refractivity contribution in [3.8, 4) is 11.3 Å². The molecule has 2 heterocycles. The molecule has 0 saturated carbocycles. The second-order valence-electron chi connectivity index (χ2n) is 7.55. The van der Waals surface area contributed by atoms with Gasteiger partial charge in [-0.2, -0.15) is 26.3 Å². The molecule has 3 rings (SSSR count). The number of carbonyl (C=O) groups excluding carboxylic acids is 1. The number of halogens is 7. The maximum atomic E-state index is 13.2. The number of hydrogen-bond donors (Lipinski definition) is 2. The Hall–Kier alpha value is -3.54. The summed E-state index contributed by atoms with van der Waals surface area (Å²) in [6, 6.07) is 6.28. The first kappa shape index (κ1) is 26.1. The number of carbonyl (C=O) groups is 1. The Morgan fingerprint density at radius 1 is 1.00 bits per heavy atom. The van der Waals surface area contributed by atoms with E-state index in [2.05, 4.69) is 15.3 Å². The molecule has 2 aromatic heterocycles. The van der Waals surface area contributed by atoms with Gasteiger partial charge in [0.25, 0.3) is 5.91 Å². The molecule has 0 spiro atoms. The van der Waals surface area contributed by atoms with Crippen LogP contribution < -0.4 is 5.32 Å². The van der Waals surface area contributed by atoms with Gasteiger partial charge in [-0.3, -0.25) is 14.8 Å². The van der Waals surface area contributed by atoms with Crippen molar-refractivity contribution >= 4 is 5.91 Å². The van der Waals surface area contributed by atoms with E-state index in [9.17, 15) is 40.6 Å². The predicted molar refractivity (Wildman–Crippen MR) is 110 cm³/mol. The first-order valence-corrected chi connectivity index (χ1v) is 10.1. The first-order valence-electron chi connectivity index (χ1n) is 10.1. The zero-order chi connectivity index (χ0) is 26.0. The third-order valence-electron chi connectivity index (χ3n) is 5.05. The maximum Gasteiger partial charge on any atom is 0.418 e. The molecule has 5 nitrogen and oxygen atoms in total. The van der Waals surface area contributed by atoms with Crippen molar-refractivity contribution in [1.82, 2.24) is 15.3 Å². The Labute approximate surface area is 194 Å². The summed E-state index contributed by atoms with van der Waals surface area (Å²) < 4.78 is 91.0. The molecule has 0 bridgehead atoms. The van der Waals surface area contributed by atoms with Gasteiger partial charge < -0.3 is 10.4 Å². The summed E-state index contributed by atoms with van der Waals surface area (Å²) >= 11 is 0. The minimum Gasteiger partial charge on any atom is -0.379 e. The smallest absolute Gasteiger partial charge is 0.379 e. The van der Waals surface area contributed by atoms with E-state index >= 15 is 0 Å². The lowest BCUT2D eigenvalue weighted by atomic mass is 9.98. The standard InChI is InChI=1S/C23H18F7N3O2/c1-2-17(19-5-3-15(10-31-19)22(25,26)27)33-21(35)14-8-12(18-6-4-16(24)11-32-18)7-13(9-14)20(34)23(28,29)30/h3-11,17,20,34H,2H2,1H3,(H,33,35)/t17-,20?/m1/s1. The Kier molecular flexibility index (Phi) is 7.44. The van der Waals surface area contributed by atoms with Crippen LogP contribution in [0.2, 0.25) is 0 Å². The molecule has 0 aliphatic rings. The zero-order valence-electron chi connectivity index (χ0n) is 18.0. The second-order valence-corrected chi connectivity index (χ2v) is 7.55. The monoisotopic (exact) mass is 501 g/mol. The lowest BCUT2D eigenvalue weighted by molar-refractivity contribution is -0.206. The fourth-order valence-corrected chi connectivity index (χ4v) is 3.23. The largest absolute Gasteiger partial charge is 0.418 e. The third kappa shape index (κ3) is 6.32. The van der Waals surface area contributed by atoms with Gasteiger partial charge in [0.2, 0.25) is 0 Å². The number of nitrogens with one attached hydrogen (secondary N) is 1. The van der Waals surface area contributed by atoms with Gasteiger partial charge in [-0.05, 0) is 54.4 Å². The lowest BCUT2D eigenvalue weighted by Crippen LogP contribution is -2.29. The minimum atomic E-state index is -5.03. The Morgan fingerprint density at radius 2 is 1.71 bits per heavy atom. The van der Waals surface area contributed by atoms with Crippen LogP contribution in [-0.2, 0) is 6.18 Å². The van der Waals surface area contributed by atoms with Crippen molar-refractivity contribution in [3.05, 3.63) is 83.1 Å². The summed E-state index contributed by atoms with van der Waals surface area (Å²) in [6.45, 7) is 1.63. The molecule has 2 N–H and O–H groups in total. The molecule has 1 unspecified atom stereocenters. The van der Waals surface area contributed by atoms with Crippen molar-refractivity contribution in [2.75, 3.05) is 0 Å². The van der Waals surface area contributed by atoms with Crippen LogP contribution in [0.15, 0.2) is 54.9 Å². The molecule has 186 valence electrons. The van der Waals surface area contributed by atoms with Gasteiger partial charge in [-0.1, -0.05) is 6.92 Å². The van der Waals surface area contributed by atoms with Gasteiger partial charge in [0.1, 0.15) is 5.82 Å². The van der Waals surface area contributed by atoms with Crippen LogP contribution in [0.1, 0.15) is 52.7 Å². The van der Waals surface area contributed by atoms with E-state index in [0.29, 0.717) is 6.20 Å². The molecule has 0 aliphatic heterocycles. The van der Waals surface area contributed by atoms with E-state index in [1.807, 2.05) is 0 Å². The zero-order valence-corrected chi connectivity index (χ0v) is 18.0. The van der Waals surface area contributed by atoms with Crippen molar-refractivity contribution in [3.63, 3.8) is 0 Å². The summed E-state index contributed by atoms with van der Waals surface area (Å²) in [5, 5.41) is 12.3. The van der Waals surface area contributed by atoms with Crippen molar-refractivity contribution < 1.29 is 40.6 Å². The third-order valence-corrected chi connectivity index (χ3v) is 5.05. The summed E-state index contributed by atoms with van der Waals surface area (Å²) in [4.78, 5) is 20.5. The van der Waals surface area contributed by atoms with Crippen LogP contribution in [0.3, 0.4) is 0 Å². The first-order chi connectivity index (χ1) is 16.3.